The van der Waals surface area contributed by atoms with Gasteiger partial charge in [0.25, 0.3) is 0 Å². The van der Waals surface area contributed by atoms with Crippen molar-refractivity contribution in [3.63, 3.8) is 0 Å². The van der Waals surface area contributed by atoms with Gasteiger partial charge >= 0.3 is 0 Å². The van der Waals surface area contributed by atoms with Crippen LogP contribution in [0.5, 0.6) is 0 Å². The number of nitrogens with zero attached hydrogens (tertiary/aromatic N) is 3. The van der Waals surface area contributed by atoms with E-state index >= 15 is 0 Å². The van der Waals surface area contributed by atoms with Gasteiger partial charge in [0.2, 0.25) is 5.91 Å². The third-order valence-electron chi connectivity index (χ3n) is 4.29. The lowest BCUT2D eigenvalue weighted by Gasteiger charge is -2.17. The highest BCUT2D eigenvalue weighted by Gasteiger charge is 2.15. The minimum absolute atomic E-state index is 0.0988. The van der Waals surface area contributed by atoms with Gasteiger partial charge < -0.3 is 4.90 Å². The zero-order valence-electron chi connectivity index (χ0n) is 16.4. The Morgan fingerprint density at radius 1 is 0.926 bits per heavy atom. The summed E-state index contributed by atoms with van der Waals surface area (Å²) in [6.45, 7) is 11.4. The van der Waals surface area contributed by atoms with Crippen LogP contribution in [0, 0.1) is 20.8 Å². The number of carbonyl (C=O) groups excluding carboxylic acids is 2. The Morgan fingerprint density at radius 3 is 2.07 bits per heavy atom. The van der Waals surface area contributed by atoms with E-state index in [1.807, 2.05) is 33.8 Å². The summed E-state index contributed by atoms with van der Waals surface area (Å²) < 4.78 is 1.51. The predicted molar refractivity (Wildman–Crippen MR) is 114 cm³/mol. The third-order valence-corrected chi connectivity index (χ3v) is 7.47. The Kier molecular flexibility index (Phi) is 8.31. The molecule has 2 rings (SSSR count). The van der Waals surface area contributed by atoms with E-state index in [0.717, 1.165) is 25.4 Å². The molecule has 0 fully saturated rings. The van der Waals surface area contributed by atoms with Crippen LogP contribution in [0.15, 0.2) is 20.8 Å². The molecule has 0 atom stereocenters. The highest BCUT2D eigenvalue weighted by molar-refractivity contribution is 8.03. The first-order valence-corrected chi connectivity index (χ1v) is 11.6. The normalized spacial score (nSPS) is 10.9. The lowest BCUT2D eigenvalue weighted by Crippen LogP contribution is -2.31. The molecule has 1 aromatic heterocycles. The maximum absolute atomic E-state index is 12.5. The lowest BCUT2D eigenvalue weighted by atomic mass is 9.99. The number of Topliss-reactive ketones (excluding diaryl/α,β-unsaturated/α-hetero) is 1. The quantitative estimate of drug-likeness (QED) is 0.440. The summed E-state index contributed by atoms with van der Waals surface area (Å²) in [4.78, 5) is 26.4. The number of hydrogen-bond donors (Lipinski definition) is 0. The van der Waals surface area contributed by atoms with E-state index in [4.69, 9.17) is 0 Å². The second-order valence-corrected chi connectivity index (χ2v) is 9.57. The third kappa shape index (κ3) is 6.05. The number of carbonyl (C=O) groups is 2. The fourth-order valence-corrected chi connectivity index (χ4v) is 5.38. The van der Waals surface area contributed by atoms with Crippen molar-refractivity contribution in [1.82, 2.24) is 15.1 Å². The first-order valence-electron chi connectivity index (χ1n) is 8.83. The van der Waals surface area contributed by atoms with Crippen LogP contribution < -0.4 is 0 Å². The van der Waals surface area contributed by atoms with Crippen LogP contribution in [0.3, 0.4) is 0 Å². The van der Waals surface area contributed by atoms with Crippen molar-refractivity contribution in [2.75, 3.05) is 24.6 Å². The van der Waals surface area contributed by atoms with Crippen LogP contribution in [0.25, 0.3) is 0 Å². The second kappa shape index (κ2) is 10.2. The molecule has 0 N–H and O–H groups in total. The lowest BCUT2D eigenvalue weighted by molar-refractivity contribution is -0.127. The average molecular weight is 424 g/mol. The van der Waals surface area contributed by atoms with E-state index < -0.39 is 0 Å². The Labute approximate surface area is 173 Å². The maximum Gasteiger partial charge on any atom is 0.233 e. The van der Waals surface area contributed by atoms with Gasteiger partial charge in [0.05, 0.1) is 11.5 Å². The van der Waals surface area contributed by atoms with Crippen molar-refractivity contribution in [3.05, 3.63) is 34.4 Å². The number of amides is 1. The van der Waals surface area contributed by atoms with Gasteiger partial charge in [0.15, 0.2) is 14.5 Å². The summed E-state index contributed by atoms with van der Waals surface area (Å²) in [7, 11) is 0. The van der Waals surface area contributed by atoms with Gasteiger partial charge in [-0.15, -0.1) is 10.2 Å². The van der Waals surface area contributed by atoms with Gasteiger partial charge in [-0.1, -0.05) is 40.9 Å². The Hall–Kier alpha value is -1.38. The molecular weight excluding hydrogens is 398 g/mol. The van der Waals surface area contributed by atoms with Crippen LogP contribution in [-0.4, -0.2) is 51.4 Å². The van der Waals surface area contributed by atoms with E-state index in [-0.39, 0.29) is 11.7 Å². The first kappa shape index (κ1) is 21.9. The molecule has 0 radical (unpaired) electrons. The summed E-state index contributed by atoms with van der Waals surface area (Å²) in [5.74, 6) is 0.902. The largest absolute Gasteiger partial charge is 0.343 e. The number of aromatic nitrogens is 2. The number of thioether (sulfide) groups is 2. The molecule has 0 spiro atoms. The number of hydrogen-bond acceptors (Lipinski definition) is 7. The zero-order chi connectivity index (χ0) is 20.0. The van der Waals surface area contributed by atoms with Gasteiger partial charge in [-0.05, 0) is 57.4 Å². The van der Waals surface area contributed by atoms with Crippen molar-refractivity contribution in [3.8, 4) is 0 Å². The van der Waals surface area contributed by atoms with E-state index in [9.17, 15) is 9.59 Å². The summed E-state index contributed by atoms with van der Waals surface area (Å²) in [6.07, 6.45) is 0. The van der Waals surface area contributed by atoms with E-state index in [2.05, 4.69) is 23.2 Å². The summed E-state index contributed by atoms with van der Waals surface area (Å²) in [5.41, 5.74) is 4.10. The Bertz CT molecular complexity index is 817. The predicted octanol–water partition coefficient (Wildman–Crippen LogP) is 4.40. The van der Waals surface area contributed by atoms with Crippen LogP contribution >= 0.6 is 34.9 Å². The molecule has 0 saturated carbocycles. The fourth-order valence-electron chi connectivity index (χ4n) is 2.57. The minimum Gasteiger partial charge on any atom is -0.343 e. The molecule has 1 aromatic carbocycles. The SMILES string of the molecule is CCN(CC)C(=O)CSc1nnc(SCC(=O)c2cc(C)c(C)cc2C)s1. The molecule has 0 saturated heterocycles. The number of ketones is 1. The van der Waals surface area contributed by atoms with E-state index in [0.29, 0.717) is 24.6 Å². The van der Waals surface area contributed by atoms with Crippen molar-refractivity contribution < 1.29 is 9.59 Å². The van der Waals surface area contributed by atoms with Crippen molar-refractivity contribution >= 4 is 46.6 Å². The van der Waals surface area contributed by atoms with E-state index in [1.54, 1.807) is 4.90 Å². The average Bonchev–Trinajstić information content (AvgIpc) is 3.10. The second-order valence-electron chi connectivity index (χ2n) is 6.15. The molecule has 1 heterocycles. The molecule has 1 amide bonds. The van der Waals surface area contributed by atoms with Gasteiger partial charge in [-0.2, -0.15) is 0 Å². The first-order chi connectivity index (χ1) is 12.8. The van der Waals surface area contributed by atoms with Gasteiger partial charge in [0, 0.05) is 18.7 Å². The molecule has 146 valence electrons. The minimum atomic E-state index is 0.0988. The highest BCUT2D eigenvalue weighted by Crippen LogP contribution is 2.29. The monoisotopic (exact) mass is 423 g/mol. The fraction of sp³-hybridized carbons (Fsp3) is 0.474. The number of benzene rings is 1. The van der Waals surface area contributed by atoms with E-state index in [1.165, 1.54) is 40.4 Å². The molecule has 2 aromatic rings. The Balaban J connectivity index is 1.90. The molecule has 0 aliphatic heterocycles. The van der Waals surface area contributed by atoms with Gasteiger partial charge in [-0.3, -0.25) is 9.59 Å². The number of aryl methyl sites for hydroxylation is 3. The standard InChI is InChI=1S/C19H25N3O2S3/c1-6-22(7-2)17(24)11-26-19-21-20-18(27-19)25-10-16(23)15-9-13(4)12(3)8-14(15)5/h8-9H,6-7,10-11H2,1-5H3. The zero-order valence-corrected chi connectivity index (χ0v) is 18.8. The molecular formula is C19H25N3O2S3. The van der Waals surface area contributed by atoms with Gasteiger partial charge in [-0.25, -0.2) is 0 Å². The number of rotatable bonds is 9. The van der Waals surface area contributed by atoms with Crippen LogP contribution in [-0.2, 0) is 4.79 Å². The van der Waals surface area contributed by atoms with Gasteiger partial charge in [0.1, 0.15) is 0 Å². The molecule has 8 heteroatoms. The van der Waals surface area contributed by atoms with Crippen LogP contribution in [0.4, 0.5) is 0 Å². The van der Waals surface area contributed by atoms with Crippen LogP contribution in [0.1, 0.15) is 40.9 Å². The highest BCUT2D eigenvalue weighted by atomic mass is 32.2. The smallest absolute Gasteiger partial charge is 0.233 e. The molecule has 27 heavy (non-hydrogen) atoms. The maximum atomic E-state index is 12.5. The topological polar surface area (TPSA) is 63.2 Å². The molecule has 5 nitrogen and oxygen atoms in total. The van der Waals surface area contributed by atoms with Crippen molar-refractivity contribution in [2.24, 2.45) is 0 Å². The molecule has 0 aliphatic rings. The summed E-state index contributed by atoms with van der Waals surface area (Å²) in [6, 6.07) is 4.02. The summed E-state index contributed by atoms with van der Waals surface area (Å²) in [5, 5.41) is 8.25. The molecule has 0 unspecified atom stereocenters. The summed E-state index contributed by atoms with van der Waals surface area (Å²) >= 11 is 4.23. The van der Waals surface area contributed by atoms with Crippen molar-refractivity contribution in [2.45, 2.75) is 43.3 Å². The molecule has 0 aliphatic carbocycles. The van der Waals surface area contributed by atoms with Crippen LogP contribution in [0.2, 0.25) is 0 Å². The Morgan fingerprint density at radius 2 is 1.48 bits per heavy atom. The van der Waals surface area contributed by atoms with Crippen molar-refractivity contribution in [1.29, 1.82) is 0 Å². The molecule has 0 bridgehead atoms.